The summed E-state index contributed by atoms with van der Waals surface area (Å²) in [4.78, 5) is 29.0. The molecular weight excluding hydrogens is 376 g/mol. The van der Waals surface area contributed by atoms with Gasteiger partial charge in [0.05, 0.1) is 10.7 Å². The van der Waals surface area contributed by atoms with E-state index >= 15 is 0 Å². The minimum atomic E-state index is -0.103. The average molecular weight is 401 g/mol. The second-order valence-electron chi connectivity index (χ2n) is 7.62. The van der Waals surface area contributed by atoms with Gasteiger partial charge in [-0.1, -0.05) is 36.6 Å². The number of hydrogen-bond acceptors (Lipinski definition) is 3. The highest BCUT2D eigenvalue weighted by atomic mass is 35.5. The van der Waals surface area contributed by atoms with Crippen LogP contribution in [-0.4, -0.2) is 57.6 Å². The number of hydrogen-bond donors (Lipinski definition) is 0. The number of nitrogens with zero attached hydrogens (tertiary/aromatic N) is 4. The van der Waals surface area contributed by atoms with Crippen LogP contribution in [0.3, 0.4) is 0 Å². The second kappa shape index (κ2) is 8.35. The molecule has 2 aromatic rings. The molecule has 6 nitrogen and oxygen atoms in total. The highest BCUT2D eigenvalue weighted by Crippen LogP contribution is 2.28. The van der Waals surface area contributed by atoms with Gasteiger partial charge in [0.1, 0.15) is 0 Å². The van der Waals surface area contributed by atoms with Gasteiger partial charge in [0.15, 0.2) is 5.69 Å². The Balaban J connectivity index is 1.34. The van der Waals surface area contributed by atoms with Gasteiger partial charge in [-0.15, -0.1) is 0 Å². The van der Waals surface area contributed by atoms with E-state index in [2.05, 4.69) is 5.10 Å². The lowest BCUT2D eigenvalue weighted by atomic mass is 10.0. The fraction of sp³-hybridized carbons (Fsp3) is 0.476. The van der Waals surface area contributed by atoms with E-state index in [0.29, 0.717) is 49.2 Å². The van der Waals surface area contributed by atoms with Crippen molar-refractivity contribution < 1.29 is 9.59 Å². The van der Waals surface area contributed by atoms with Gasteiger partial charge in [-0.3, -0.25) is 9.59 Å². The molecule has 0 spiro atoms. The summed E-state index contributed by atoms with van der Waals surface area (Å²) in [6.07, 6.45) is 7.27. The zero-order valence-corrected chi connectivity index (χ0v) is 16.6. The Morgan fingerprint density at radius 2 is 1.68 bits per heavy atom. The lowest BCUT2D eigenvalue weighted by molar-refractivity contribution is -0.133. The first-order valence-corrected chi connectivity index (χ1v) is 10.4. The van der Waals surface area contributed by atoms with Gasteiger partial charge in [-0.05, 0) is 37.0 Å². The van der Waals surface area contributed by atoms with Gasteiger partial charge in [-0.2, -0.15) is 5.10 Å². The lowest BCUT2D eigenvalue weighted by Crippen LogP contribution is -2.50. The molecule has 1 aromatic heterocycles. The van der Waals surface area contributed by atoms with E-state index in [1.807, 2.05) is 23.1 Å². The third kappa shape index (κ3) is 4.07. The van der Waals surface area contributed by atoms with Crippen molar-refractivity contribution in [3.8, 4) is 5.69 Å². The van der Waals surface area contributed by atoms with Crippen LogP contribution < -0.4 is 0 Å². The molecule has 0 bridgehead atoms. The smallest absolute Gasteiger partial charge is 0.274 e. The standard InChI is InChI=1S/C21H25ClN4O2/c22-17-7-3-4-8-19(17)26-10-9-18(23-26)21(28)25-13-11-24(12-14-25)20(27)15-16-5-1-2-6-16/h3-4,7-10,16H,1-2,5-6,11-15H2. The number of aromatic nitrogens is 2. The molecule has 0 atom stereocenters. The molecule has 1 aromatic carbocycles. The molecule has 4 rings (SSSR count). The maximum atomic E-state index is 12.8. The molecule has 0 radical (unpaired) electrons. The fourth-order valence-electron chi connectivity index (χ4n) is 4.12. The molecule has 0 N–H and O–H groups in total. The van der Waals surface area contributed by atoms with Gasteiger partial charge >= 0.3 is 0 Å². The van der Waals surface area contributed by atoms with Crippen LogP contribution >= 0.6 is 11.6 Å². The molecule has 7 heteroatoms. The minimum absolute atomic E-state index is 0.103. The summed E-state index contributed by atoms with van der Waals surface area (Å²) in [6, 6.07) is 9.10. The zero-order valence-electron chi connectivity index (χ0n) is 15.9. The van der Waals surface area contributed by atoms with Crippen molar-refractivity contribution in [3.63, 3.8) is 0 Å². The average Bonchev–Trinajstić information content (AvgIpc) is 3.40. The van der Waals surface area contributed by atoms with E-state index in [1.54, 1.807) is 27.9 Å². The quantitative estimate of drug-likeness (QED) is 0.790. The Morgan fingerprint density at radius 1 is 1.00 bits per heavy atom. The van der Waals surface area contributed by atoms with Gasteiger partial charge in [-0.25, -0.2) is 4.68 Å². The predicted molar refractivity (Wildman–Crippen MR) is 108 cm³/mol. The summed E-state index contributed by atoms with van der Waals surface area (Å²) in [6.45, 7) is 2.30. The number of piperazine rings is 1. The predicted octanol–water partition coefficient (Wildman–Crippen LogP) is 3.39. The van der Waals surface area contributed by atoms with Crippen LogP contribution in [0, 0.1) is 5.92 Å². The van der Waals surface area contributed by atoms with E-state index in [4.69, 9.17) is 11.6 Å². The summed E-state index contributed by atoms with van der Waals surface area (Å²) in [5.74, 6) is 0.691. The molecule has 0 unspecified atom stereocenters. The van der Waals surface area contributed by atoms with Crippen molar-refractivity contribution in [2.45, 2.75) is 32.1 Å². The van der Waals surface area contributed by atoms with Gasteiger partial charge in [0, 0.05) is 38.8 Å². The molecule has 1 aliphatic heterocycles. The zero-order chi connectivity index (χ0) is 19.5. The summed E-state index contributed by atoms with van der Waals surface area (Å²) in [5, 5.41) is 4.98. The van der Waals surface area contributed by atoms with Crippen molar-refractivity contribution in [1.82, 2.24) is 19.6 Å². The molecule has 1 aliphatic carbocycles. The topological polar surface area (TPSA) is 58.4 Å². The van der Waals surface area contributed by atoms with Crippen LogP contribution in [0.15, 0.2) is 36.5 Å². The molecule has 148 valence electrons. The van der Waals surface area contributed by atoms with Crippen LogP contribution in [0.5, 0.6) is 0 Å². The Hall–Kier alpha value is -2.34. The Bertz CT molecular complexity index is 852. The third-order valence-electron chi connectivity index (χ3n) is 5.77. The first kappa shape index (κ1) is 19.0. The molecule has 1 saturated carbocycles. The number of halogens is 1. The first-order valence-electron chi connectivity index (χ1n) is 9.99. The monoisotopic (exact) mass is 400 g/mol. The molecule has 1 saturated heterocycles. The van der Waals surface area contributed by atoms with Crippen LogP contribution in [0.2, 0.25) is 5.02 Å². The van der Waals surface area contributed by atoms with Crippen molar-refractivity contribution in [1.29, 1.82) is 0 Å². The molecular formula is C21H25ClN4O2. The summed E-state index contributed by atoms with van der Waals surface area (Å²) < 4.78 is 1.62. The van der Waals surface area contributed by atoms with Crippen molar-refractivity contribution >= 4 is 23.4 Å². The van der Waals surface area contributed by atoms with Crippen molar-refractivity contribution in [2.75, 3.05) is 26.2 Å². The summed E-state index contributed by atoms with van der Waals surface area (Å²) in [5.41, 5.74) is 1.14. The maximum absolute atomic E-state index is 12.8. The number of rotatable bonds is 4. The van der Waals surface area contributed by atoms with E-state index in [9.17, 15) is 9.59 Å². The van der Waals surface area contributed by atoms with Crippen LogP contribution in [0.1, 0.15) is 42.6 Å². The van der Waals surface area contributed by atoms with E-state index in [1.165, 1.54) is 25.7 Å². The Kier molecular flexibility index (Phi) is 5.67. The van der Waals surface area contributed by atoms with Gasteiger partial charge < -0.3 is 9.80 Å². The highest BCUT2D eigenvalue weighted by molar-refractivity contribution is 6.32. The number of carbonyl (C=O) groups excluding carboxylic acids is 2. The van der Waals surface area contributed by atoms with Crippen LogP contribution in [0.4, 0.5) is 0 Å². The fourth-order valence-corrected chi connectivity index (χ4v) is 4.34. The third-order valence-corrected chi connectivity index (χ3v) is 6.08. The molecule has 28 heavy (non-hydrogen) atoms. The SMILES string of the molecule is O=C(CC1CCCC1)N1CCN(C(=O)c2ccn(-c3ccccc3Cl)n2)CC1. The van der Waals surface area contributed by atoms with E-state index < -0.39 is 0 Å². The molecule has 2 fully saturated rings. The van der Waals surface area contributed by atoms with Crippen LogP contribution in [0.25, 0.3) is 5.69 Å². The second-order valence-corrected chi connectivity index (χ2v) is 8.03. The van der Waals surface area contributed by atoms with Gasteiger partial charge in [0.2, 0.25) is 5.91 Å². The van der Waals surface area contributed by atoms with Crippen molar-refractivity contribution in [2.24, 2.45) is 5.92 Å². The minimum Gasteiger partial charge on any atom is -0.339 e. The normalized spacial score (nSPS) is 17.9. The van der Waals surface area contributed by atoms with E-state index in [-0.39, 0.29) is 11.8 Å². The van der Waals surface area contributed by atoms with Gasteiger partial charge in [0.25, 0.3) is 5.91 Å². The highest BCUT2D eigenvalue weighted by Gasteiger charge is 2.28. The maximum Gasteiger partial charge on any atom is 0.274 e. The summed E-state index contributed by atoms with van der Waals surface area (Å²) >= 11 is 6.21. The van der Waals surface area contributed by atoms with E-state index in [0.717, 1.165) is 5.69 Å². The molecule has 2 amide bonds. The number of carbonyl (C=O) groups is 2. The van der Waals surface area contributed by atoms with Crippen molar-refractivity contribution in [3.05, 3.63) is 47.2 Å². The Labute approximate surface area is 170 Å². The summed E-state index contributed by atoms with van der Waals surface area (Å²) in [7, 11) is 0. The number of benzene rings is 1. The number of para-hydroxylation sites is 1. The number of amides is 2. The molecule has 2 aliphatic rings. The lowest BCUT2D eigenvalue weighted by Gasteiger charge is -2.35. The Morgan fingerprint density at radius 3 is 2.39 bits per heavy atom. The largest absolute Gasteiger partial charge is 0.339 e. The molecule has 2 heterocycles. The first-order chi connectivity index (χ1) is 13.6. The van der Waals surface area contributed by atoms with Crippen LogP contribution in [-0.2, 0) is 4.79 Å².